The number of hydrogen-bond donors (Lipinski definition) is 2. The molecule has 1 aliphatic carbocycles. The van der Waals surface area contributed by atoms with Gasteiger partial charge < -0.3 is 11.1 Å². The van der Waals surface area contributed by atoms with Gasteiger partial charge in [0.05, 0.1) is 23.5 Å². The number of nitrogens with two attached hydrogens (primary N) is 1. The molecule has 0 amide bonds. The molecule has 234 valence electrons. The van der Waals surface area contributed by atoms with Crippen LogP contribution in [0.3, 0.4) is 0 Å². The zero-order valence-corrected chi connectivity index (χ0v) is 27.5. The Morgan fingerprint density at radius 1 is 0.708 bits per heavy atom. The van der Waals surface area contributed by atoms with Crippen LogP contribution in [0.15, 0.2) is 157 Å². The van der Waals surface area contributed by atoms with Crippen molar-refractivity contribution in [2.45, 2.75) is 25.9 Å². The molecule has 0 bridgehead atoms. The Kier molecular flexibility index (Phi) is 8.19. The standard InChI is InChI=1S/C43H36N4S/c44-43(33-20-8-3-9-21-33)46-47(28-30-15-4-1-5-16-30)29-31-17-14-22-34(27-31)45-41-39(32-18-6-2-7-19-32)35-23-10-11-24-36(35)40-37-25-12-13-26-38(37)48-42(40)41/h1,3-6,8-27,45H,2,7,28-29H2,(H2,44,46). The van der Waals surface area contributed by atoms with E-state index < -0.39 is 0 Å². The summed E-state index contributed by atoms with van der Waals surface area (Å²) >= 11 is 1.87. The minimum atomic E-state index is 0.502. The third-order valence-corrected chi connectivity index (χ3v) is 10.1. The van der Waals surface area contributed by atoms with E-state index in [9.17, 15) is 0 Å². The summed E-state index contributed by atoms with van der Waals surface area (Å²) in [6.45, 7) is 1.25. The van der Waals surface area contributed by atoms with E-state index in [1.165, 1.54) is 47.6 Å². The van der Waals surface area contributed by atoms with Gasteiger partial charge in [-0.2, -0.15) is 5.10 Å². The molecule has 0 saturated carbocycles. The average Bonchev–Trinajstić information content (AvgIpc) is 3.53. The molecule has 8 rings (SSSR count). The van der Waals surface area contributed by atoms with E-state index in [1.54, 1.807) is 0 Å². The topological polar surface area (TPSA) is 53.6 Å². The van der Waals surface area contributed by atoms with Crippen molar-refractivity contribution in [3.8, 4) is 0 Å². The second-order valence-corrected chi connectivity index (χ2v) is 13.3. The maximum atomic E-state index is 6.54. The summed E-state index contributed by atoms with van der Waals surface area (Å²) in [5, 5.41) is 16.1. The van der Waals surface area contributed by atoms with Gasteiger partial charge in [-0.3, -0.25) is 5.01 Å². The van der Waals surface area contributed by atoms with Crippen molar-refractivity contribution in [1.82, 2.24) is 5.01 Å². The molecule has 6 aromatic carbocycles. The zero-order chi connectivity index (χ0) is 32.3. The highest BCUT2D eigenvalue weighted by Gasteiger charge is 2.21. The largest absolute Gasteiger partial charge is 0.382 e. The fraction of sp³-hybridized carbons (Fsp3) is 0.0930. The summed E-state index contributed by atoms with van der Waals surface area (Å²) < 4.78 is 2.58. The van der Waals surface area contributed by atoms with Crippen LogP contribution in [0.5, 0.6) is 0 Å². The Hall–Kier alpha value is -5.65. The molecule has 0 fully saturated rings. The van der Waals surface area contributed by atoms with Crippen molar-refractivity contribution >= 4 is 65.1 Å². The zero-order valence-electron chi connectivity index (χ0n) is 26.6. The number of benzene rings is 6. The molecule has 7 aromatic rings. The Balaban J connectivity index is 1.22. The summed E-state index contributed by atoms with van der Waals surface area (Å²) in [5.41, 5.74) is 14.5. The van der Waals surface area contributed by atoms with Crippen molar-refractivity contribution in [2.24, 2.45) is 10.8 Å². The van der Waals surface area contributed by atoms with Crippen molar-refractivity contribution < 1.29 is 0 Å². The number of anilines is 2. The van der Waals surface area contributed by atoms with Gasteiger partial charge in [0.15, 0.2) is 5.84 Å². The lowest BCUT2D eigenvalue weighted by Crippen LogP contribution is -2.23. The smallest absolute Gasteiger partial charge is 0.150 e. The van der Waals surface area contributed by atoms with E-state index in [1.807, 2.05) is 47.7 Å². The van der Waals surface area contributed by atoms with Crippen LogP contribution in [0.25, 0.3) is 36.5 Å². The highest BCUT2D eigenvalue weighted by molar-refractivity contribution is 7.26. The number of fused-ring (bicyclic) bond motifs is 5. The predicted octanol–water partition coefficient (Wildman–Crippen LogP) is 11.0. The Morgan fingerprint density at radius 3 is 2.19 bits per heavy atom. The van der Waals surface area contributed by atoms with Gasteiger partial charge in [-0.25, -0.2) is 0 Å². The third kappa shape index (κ3) is 5.96. The molecule has 1 aliphatic rings. The fourth-order valence-corrected chi connectivity index (χ4v) is 7.94. The Morgan fingerprint density at radius 2 is 1.40 bits per heavy atom. The van der Waals surface area contributed by atoms with Crippen LogP contribution in [-0.2, 0) is 13.1 Å². The highest BCUT2D eigenvalue weighted by atomic mass is 32.1. The van der Waals surface area contributed by atoms with Gasteiger partial charge in [0.2, 0.25) is 0 Å². The van der Waals surface area contributed by atoms with Crippen molar-refractivity contribution in [3.63, 3.8) is 0 Å². The van der Waals surface area contributed by atoms with Gasteiger partial charge in [0.25, 0.3) is 0 Å². The second kappa shape index (κ2) is 13.2. The van der Waals surface area contributed by atoms with E-state index in [0.717, 1.165) is 35.3 Å². The second-order valence-electron chi connectivity index (χ2n) is 12.2. The summed E-state index contributed by atoms with van der Waals surface area (Å²) in [6, 6.07) is 46.8. The number of hydrazone groups is 1. The lowest BCUT2D eigenvalue weighted by Gasteiger charge is -2.22. The predicted molar refractivity (Wildman–Crippen MR) is 206 cm³/mol. The summed E-state index contributed by atoms with van der Waals surface area (Å²) in [7, 11) is 0. The van der Waals surface area contributed by atoms with Gasteiger partial charge in [-0.05, 0) is 58.5 Å². The number of nitrogens with one attached hydrogen (secondary N) is 1. The Labute approximate surface area is 285 Å². The van der Waals surface area contributed by atoms with Crippen LogP contribution in [0, 0.1) is 0 Å². The number of nitrogens with zero attached hydrogens (tertiary/aromatic N) is 2. The molecular weight excluding hydrogens is 605 g/mol. The van der Waals surface area contributed by atoms with Crippen molar-refractivity contribution in [3.05, 3.63) is 174 Å². The summed E-state index contributed by atoms with van der Waals surface area (Å²) in [4.78, 5) is 0. The van der Waals surface area contributed by atoms with Crippen LogP contribution in [0.2, 0.25) is 0 Å². The molecule has 4 nitrogen and oxygen atoms in total. The molecule has 0 aliphatic heterocycles. The number of hydrogen-bond acceptors (Lipinski definition) is 4. The first-order valence-corrected chi connectivity index (χ1v) is 17.3. The Bertz CT molecular complexity index is 2330. The first-order chi connectivity index (χ1) is 23.7. The molecule has 0 radical (unpaired) electrons. The SMILES string of the molecule is NC(=NN(Cc1ccccc1)Cc1cccc(Nc2c(C3=CCCC=C3)c3ccccc3c3c2sc2ccccc23)c1)c1ccccc1. The molecule has 5 heteroatoms. The van der Waals surface area contributed by atoms with Gasteiger partial charge in [-0.1, -0.05) is 133 Å². The first-order valence-electron chi connectivity index (χ1n) is 16.5. The van der Waals surface area contributed by atoms with Crippen LogP contribution in [0.4, 0.5) is 11.4 Å². The van der Waals surface area contributed by atoms with Gasteiger partial charge in [0.1, 0.15) is 0 Å². The minimum absolute atomic E-state index is 0.502. The molecule has 0 atom stereocenters. The maximum absolute atomic E-state index is 6.54. The molecular formula is C43H36N4S. The normalized spacial score (nSPS) is 13.2. The number of amidine groups is 1. The van der Waals surface area contributed by atoms with E-state index in [0.29, 0.717) is 18.9 Å². The number of thiophene rings is 1. The lowest BCUT2D eigenvalue weighted by molar-refractivity contribution is 0.270. The van der Waals surface area contributed by atoms with E-state index in [-0.39, 0.29) is 0 Å². The molecule has 0 unspecified atom stereocenters. The monoisotopic (exact) mass is 640 g/mol. The summed E-state index contributed by atoms with van der Waals surface area (Å²) in [5.74, 6) is 0.502. The van der Waals surface area contributed by atoms with Gasteiger partial charge >= 0.3 is 0 Å². The number of allylic oxidation sites excluding steroid dienone is 4. The molecule has 3 N–H and O–H groups in total. The van der Waals surface area contributed by atoms with Crippen molar-refractivity contribution in [1.29, 1.82) is 0 Å². The lowest BCUT2D eigenvalue weighted by atomic mass is 9.90. The van der Waals surface area contributed by atoms with Gasteiger partial charge in [-0.15, -0.1) is 11.3 Å². The summed E-state index contributed by atoms with van der Waals surface area (Å²) in [6.07, 6.45) is 9.10. The minimum Gasteiger partial charge on any atom is -0.382 e. The molecule has 1 heterocycles. The molecule has 48 heavy (non-hydrogen) atoms. The fourth-order valence-electron chi connectivity index (χ4n) is 6.72. The highest BCUT2D eigenvalue weighted by Crippen LogP contribution is 2.48. The van der Waals surface area contributed by atoms with Crippen molar-refractivity contribution in [2.75, 3.05) is 5.32 Å². The average molecular weight is 641 g/mol. The van der Waals surface area contributed by atoms with Crippen LogP contribution in [-0.4, -0.2) is 10.8 Å². The molecule has 1 aromatic heterocycles. The van der Waals surface area contributed by atoms with E-state index >= 15 is 0 Å². The maximum Gasteiger partial charge on any atom is 0.150 e. The van der Waals surface area contributed by atoms with Crippen LogP contribution < -0.4 is 11.1 Å². The van der Waals surface area contributed by atoms with E-state index in [4.69, 9.17) is 10.8 Å². The van der Waals surface area contributed by atoms with E-state index in [2.05, 4.69) is 126 Å². The van der Waals surface area contributed by atoms with Gasteiger partial charge in [0, 0.05) is 32.3 Å². The third-order valence-electron chi connectivity index (χ3n) is 8.91. The van der Waals surface area contributed by atoms with Crippen LogP contribution in [0.1, 0.15) is 35.1 Å². The van der Waals surface area contributed by atoms with Crippen LogP contribution >= 0.6 is 11.3 Å². The number of rotatable bonds is 9. The quantitative estimate of drug-likeness (QED) is 0.0938. The molecule has 0 spiro atoms. The first kappa shape index (κ1) is 29.7. The molecule has 0 saturated heterocycles.